The van der Waals surface area contributed by atoms with Gasteiger partial charge in [-0.1, -0.05) is 12.8 Å². The zero-order valence-electron chi connectivity index (χ0n) is 8.52. The molecule has 0 radical (unpaired) electrons. The van der Waals surface area contributed by atoms with Crippen molar-refractivity contribution < 1.29 is 0 Å². The van der Waals surface area contributed by atoms with E-state index >= 15 is 0 Å². The van der Waals surface area contributed by atoms with Gasteiger partial charge in [-0.05, 0) is 51.2 Å². The monoisotopic (exact) mass is 182 g/mol. The van der Waals surface area contributed by atoms with E-state index in [1.165, 1.54) is 58.2 Å². The normalized spacial score (nSPS) is 32.8. The van der Waals surface area contributed by atoms with Crippen molar-refractivity contribution in [1.29, 1.82) is 0 Å². The summed E-state index contributed by atoms with van der Waals surface area (Å²) in [5, 5.41) is 7.17. The van der Waals surface area contributed by atoms with Gasteiger partial charge in [0, 0.05) is 6.04 Å². The van der Waals surface area contributed by atoms with Crippen molar-refractivity contribution in [3.05, 3.63) is 0 Å². The minimum Gasteiger partial charge on any atom is -0.317 e. The largest absolute Gasteiger partial charge is 0.317 e. The Morgan fingerprint density at radius 2 is 1.62 bits per heavy atom. The van der Waals surface area contributed by atoms with E-state index in [1.807, 2.05) is 0 Å². The van der Waals surface area contributed by atoms with Crippen LogP contribution in [0.2, 0.25) is 0 Å². The second kappa shape index (κ2) is 4.97. The molecule has 2 N–H and O–H groups in total. The molecule has 2 nitrogen and oxygen atoms in total. The Kier molecular flexibility index (Phi) is 3.62. The van der Waals surface area contributed by atoms with Crippen LogP contribution in [0.1, 0.15) is 38.5 Å². The predicted molar refractivity (Wildman–Crippen MR) is 55.9 cm³/mol. The van der Waals surface area contributed by atoms with Crippen molar-refractivity contribution in [2.75, 3.05) is 19.6 Å². The first-order chi connectivity index (χ1) is 6.47. The van der Waals surface area contributed by atoms with Gasteiger partial charge in [0.15, 0.2) is 0 Å². The molecule has 2 fully saturated rings. The maximum atomic E-state index is 3.72. The summed E-state index contributed by atoms with van der Waals surface area (Å²) in [6.45, 7) is 3.74. The van der Waals surface area contributed by atoms with E-state index in [0.29, 0.717) is 0 Å². The van der Waals surface area contributed by atoms with Crippen LogP contribution in [0.15, 0.2) is 0 Å². The lowest BCUT2D eigenvalue weighted by Gasteiger charge is -2.30. The van der Waals surface area contributed by atoms with Gasteiger partial charge in [-0.15, -0.1) is 0 Å². The topological polar surface area (TPSA) is 24.1 Å². The lowest BCUT2D eigenvalue weighted by molar-refractivity contribution is 0.275. The van der Waals surface area contributed by atoms with E-state index in [0.717, 1.165) is 12.0 Å². The van der Waals surface area contributed by atoms with Crippen molar-refractivity contribution >= 4 is 0 Å². The molecule has 0 aromatic rings. The fourth-order valence-corrected chi connectivity index (χ4v) is 2.70. The second-order valence-electron chi connectivity index (χ2n) is 4.50. The highest BCUT2D eigenvalue weighted by atomic mass is 14.9. The zero-order valence-corrected chi connectivity index (χ0v) is 8.52. The van der Waals surface area contributed by atoms with E-state index in [9.17, 15) is 0 Å². The van der Waals surface area contributed by atoms with Crippen LogP contribution in [0.3, 0.4) is 0 Å². The van der Waals surface area contributed by atoms with Gasteiger partial charge in [-0.2, -0.15) is 0 Å². The first kappa shape index (κ1) is 9.47. The lowest BCUT2D eigenvalue weighted by atomic mass is 9.88. The summed E-state index contributed by atoms with van der Waals surface area (Å²) < 4.78 is 0. The molecule has 2 heterocycles. The third-order valence-electron chi connectivity index (χ3n) is 3.55. The van der Waals surface area contributed by atoms with Crippen LogP contribution < -0.4 is 10.6 Å². The van der Waals surface area contributed by atoms with Crippen LogP contribution >= 0.6 is 0 Å². The van der Waals surface area contributed by atoms with Crippen LogP contribution in [0, 0.1) is 5.92 Å². The summed E-state index contributed by atoms with van der Waals surface area (Å²) in [6, 6.07) is 0.838. The SMILES string of the molecule is C1CCNC(C2CCNCC2)CC1. The molecule has 2 heteroatoms. The Labute approximate surface area is 81.5 Å². The number of nitrogens with one attached hydrogen (secondary N) is 2. The van der Waals surface area contributed by atoms with E-state index in [2.05, 4.69) is 10.6 Å². The third kappa shape index (κ3) is 2.68. The molecule has 2 aliphatic rings. The van der Waals surface area contributed by atoms with E-state index < -0.39 is 0 Å². The average molecular weight is 182 g/mol. The third-order valence-corrected chi connectivity index (χ3v) is 3.55. The van der Waals surface area contributed by atoms with Gasteiger partial charge in [0.2, 0.25) is 0 Å². The van der Waals surface area contributed by atoms with Crippen LogP contribution in [-0.4, -0.2) is 25.7 Å². The molecule has 0 aromatic heterocycles. The van der Waals surface area contributed by atoms with Crippen LogP contribution in [0.5, 0.6) is 0 Å². The highest BCUT2D eigenvalue weighted by Gasteiger charge is 2.23. The number of rotatable bonds is 1. The summed E-state index contributed by atoms with van der Waals surface area (Å²) in [5.41, 5.74) is 0. The number of hydrogen-bond donors (Lipinski definition) is 2. The molecule has 2 saturated heterocycles. The lowest BCUT2D eigenvalue weighted by Crippen LogP contribution is -2.41. The van der Waals surface area contributed by atoms with Crippen molar-refractivity contribution in [2.24, 2.45) is 5.92 Å². The highest BCUT2D eigenvalue weighted by molar-refractivity contribution is 4.82. The van der Waals surface area contributed by atoms with Gasteiger partial charge in [0.05, 0.1) is 0 Å². The average Bonchev–Trinajstić information content (AvgIpc) is 2.47. The summed E-state index contributed by atoms with van der Waals surface area (Å²) in [4.78, 5) is 0. The first-order valence-electron chi connectivity index (χ1n) is 5.91. The molecule has 0 saturated carbocycles. The molecule has 0 aromatic carbocycles. The minimum atomic E-state index is 0.838. The van der Waals surface area contributed by atoms with Gasteiger partial charge >= 0.3 is 0 Å². The fourth-order valence-electron chi connectivity index (χ4n) is 2.70. The fraction of sp³-hybridized carbons (Fsp3) is 1.00. The summed E-state index contributed by atoms with van der Waals surface area (Å²) in [6.07, 6.45) is 8.47. The smallest absolute Gasteiger partial charge is 0.00962 e. The van der Waals surface area contributed by atoms with Crippen LogP contribution in [0.4, 0.5) is 0 Å². The minimum absolute atomic E-state index is 0.838. The standard InChI is InChI=1S/C11H22N2/c1-2-4-11(13-7-3-1)10-5-8-12-9-6-10/h10-13H,1-9H2. The molecule has 13 heavy (non-hydrogen) atoms. The van der Waals surface area contributed by atoms with Gasteiger partial charge in [-0.25, -0.2) is 0 Å². The molecule has 1 unspecified atom stereocenters. The number of hydrogen-bond acceptors (Lipinski definition) is 2. The van der Waals surface area contributed by atoms with Crippen LogP contribution in [-0.2, 0) is 0 Å². The second-order valence-corrected chi connectivity index (χ2v) is 4.50. The van der Waals surface area contributed by atoms with Crippen molar-refractivity contribution in [3.63, 3.8) is 0 Å². The quantitative estimate of drug-likeness (QED) is 0.642. The van der Waals surface area contributed by atoms with Crippen LogP contribution in [0.25, 0.3) is 0 Å². The predicted octanol–water partition coefficient (Wildman–Crippen LogP) is 1.52. The van der Waals surface area contributed by atoms with Crippen molar-refractivity contribution in [3.8, 4) is 0 Å². The molecule has 0 amide bonds. The number of piperidine rings is 1. The molecular weight excluding hydrogens is 160 g/mol. The Bertz CT molecular complexity index is 133. The van der Waals surface area contributed by atoms with Crippen molar-refractivity contribution in [2.45, 2.75) is 44.6 Å². The summed E-state index contributed by atoms with van der Waals surface area (Å²) >= 11 is 0. The van der Waals surface area contributed by atoms with E-state index in [1.54, 1.807) is 0 Å². The molecule has 2 aliphatic heterocycles. The summed E-state index contributed by atoms with van der Waals surface area (Å²) in [5.74, 6) is 0.958. The van der Waals surface area contributed by atoms with E-state index in [-0.39, 0.29) is 0 Å². The molecule has 0 spiro atoms. The Morgan fingerprint density at radius 1 is 0.769 bits per heavy atom. The first-order valence-corrected chi connectivity index (χ1v) is 5.91. The molecule has 2 rings (SSSR count). The maximum Gasteiger partial charge on any atom is 0.00962 e. The Balaban J connectivity index is 1.82. The Hall–Kier alpha value is -0.0800. The van der Waals surface area contributed by atoms with Gasteiger partial charge in [-0.3, -0.25) is 0 Å². The van der Waals surface area contributed by atoms with E-state index in [4.69, 9.17) is 0 Å². The molecule has 0 aliphatic carbocycles. The van der Waals surface area contributed by atoms with Gasteiger partial charge in [0.1, 0.15) is 0 Å². The maximum absolute atomic E-state index is 3.72. The van der Waals surface area contributed by atoms with Gasteiger partial charge < -0.3 is 10.6 Å². The molecule has 76 valence electrons. The molecule has 1 atom stereocenters. The zero-order chi connectivity index (χ0) is 8.93. The Morgan fingerprint density at radius 3 is 2.46 bits per heavy atom. The van der Waals surface area contributed by atoms with Crippen molar-refractivity contribution in [1.82, 2.24) is 10.6 Å². The summed E-state index contributed by atoms with van der Waals surface area (Å²) in [7, 11) is 0. The molecular formula is C11H22N2. The van der Waals surface area contributed by atoms with Gasteiger partial charge in [0.25, 0.3) is 0 Å². The molecule has 0 bridgehead atoms. The highest BCUT2D eigenvalue weighted by Crippen LogP contribution is 2.22.